The van der Waals surface area contributed by atoms with E-state index in [-0.39, 0.29) is 17.7 Å². The van der Waals surface area contributed by atoms with Gasteiger partial charge in [-0.1, -0.05) is 36.4 Å². The van der Waals surface area contributed by atoms with Crippen LogP contribution in [0.3, 0.4) is 0 Å². The number of nitrogens with one attached hydrogen (secondary N) is 1. The highest BCUT2D eigenvalue weighted by Crippen LogP contribution is 2.30. The number of sulfonamides is 1. The van der Waals surface area contributed by atoms with E-state index in [0.717, 1.165) is 23.2 Å². The van der Waals surface area contributed by atoms with Crippen molar-refractivity contribution in [2.45, 2.75) is 30.0 Å². The van der Waals surface area contributed by atoms with Crippen molar-refractivity contribution in [2.75, 3.05) is 24.5 Å². The number of anilines is 1. The lowest BCUT2D eigenvalue weighted by molar-refractivity contribution is -0.126. The van der Waals surface area contributed by atoms with Crippen molar-refractivity contribution in [3.05, 3.63) is 82.7 Å². The molecular weight excluding hydrogens is 482 g/mol. The van der Waals surface area contributed by atoms with Gasteiger partial charge in [-0.2, -0.15) is 4.31 Å². The summed E-state index contributed by atoms with van der Waals surface area (Å²) >= 11 is 1.21. The molecule has 3 heterocycles. The highest BCUT2D eigenvalue weighted by Gasteiger charge is 2.32. The van der Waals surface area contributed by atoms with Crippen molar-refractivity contribution in [2.24, 2.45) is 5.92 Å². The van der Waals surface area contributed by atoms with Crippen molar-refractivity contribution in [3.8, 4) is 0 Å². The van der Waals surface area contributed by atoms with Gasteiger partial charge in [-0.05, 0) is 60.0 Å². The van der Waals surface area contributed by atoms with Crippen LogP contribution >= 0.6 is 11.3 Å². The van der Waals surface area contributed by atoms with Gasteiger partial charge in [-0.3, -0.25) is 9.59 Å². The third kappa shape index (κ3) is 4.89. The lowest BCUT2D eigenvalue weighted by atomic mass is 9.97. The van der Waals surface area contributed by atoms with Gasteiger partial charge < -0.3 is 10.2 Å². The fourth-order valence-corrected chi connectivity index (χ4v) is 7.36. The van der Waals surface area contributed by atoms with Crippen LogP contribution in [0, 0.1) is 5.92 Å². The zero-order chi connectivity index (χ0) is 24.4. The minimum atomic E-state index is -3.47. The largest absolute Gasteiger partial charge is 0.352 e. The third-order valence-electron chi connectivity index (χ3n) is 6.69. The monoisotopic (exact) mass is 509 g/mol. The topological polar surface area (TPSA) is 86.8 Å². The molecule has 5 rings (SSSR count). The van der Waals surface area contributed by atoms with Gasteiger partial charge in [0.15, 0.2) is 0 Å². The Labute approximate surface area is 209 Å². The van der Waals surface area contributed by atoms with Crippen molar-refractivity contribution >= 4 is 38.9 Å². The van der Waals surface area contributed by atoms with Gasteiger partial charge in [-0.15, -0.1) is 11.3 Å². The Morgan fingerprint density at radius 3 is 2.46 bits per heavy atom. The molecule has 2 aromatic carbocycles. The van der Waals surface area contributed by atoms with E-state index in [2.05, 4.69) is 11.4 Å². The van der Waals surface area contributed by atoms with E-state index in [1.807, 2.05) is 47.4 Å². The van der Waals surface area contributed by atoms with Crippen LogP contribution < -0.4 is 10.2 Å². The molecular formula is C26H27N3O4S2. The van der Waals surface area contributed by atoms with Crippen LogP contribution in [-0.2, 0) is 27.8 Å². The van der Waals surface area contributed by atoms with E-state index in [1.165, 1.54) is 15.6 Å². The predicted octanol–water partition coefficient (Wildman–Crippen LogP) is 3.67. The Balaban J connectivity index is 1.15. The van der Waals surface area contributed by atoms with Gasteiger partial charge >= 0.3 is 0 Å². The molecule has 7 nitrogen and oxygen atoms in total. The third-order valence-corrected chi connectivity index (χ3v) is 9.96. The molecule has 2 aliphatic rings. The molecule has 1 fully saturated rings. The zero-order valence-electron chi connectivity index (χ0n) is 19.2. The van der Waals surface area contributed by atoms with Crippen molar-refractivity contribution in [1.29, 1.82) is 0 Å². The lowest BCUT2D eigenvalue weighted by Crippen LogP contribution is -2.42. The second-order valence-electron chi connectivity index (χ2n) is 8.86. The minimum absolute atomic E-state index is 0.00200. The average molecular weight is 510 g/mol. The molecule has 0 atom stereocenters. The van der Waals surface area contributed by atoms with Crippen LogP contribution in [0.5, 0.6) is 0 Å². The standard InChI is InChI=1S/C26H27N3O4S2/c30-25(20-10-13-28(14-11-20)35(32,33)24-7-4-16-34-24)27-18-19-8-9-23-22(17-19)12-15-29(23)26(31)21-5-2-1-3-6-21/h1-9,16-17,20H,10-15,18H2,(H,27,30). The molecule has 0 spiro atoms. The number of hydrogen-bond acceptors (Lipinski definition) is 5. The normalized spacial score (nSPS) is 16.7. The Hall–Kier alpha value is -3.01. The number of amides is 2. The number of carbonyl (C=O) groups excluding carboxylic acids is 2. The fourth-order valence-electron chi connectivity index (χ4n) is 4.74. The van der Waals surface area contributed by atoms with Crippen LogP contribution in [0.4, 0.5) is 5.69 Å². The number of carbonyl (C=O) groups is 2. The Morgan fingerprint density at radius 2 is 1.74 bits per heavy atom. The molecule has 0 unspecified atom stereocenters. The van der Waals surface area contributed by atoms with Gasteiger partial charge in [0.1, 0.15) is 4.21 Å². The van der Waals surface area contributed by atoms with E-state index in [4.69, 9.17) is 0 Å². The number of nitrogens with zero attached hydrogens (tertiary/aromatic N) is 2. The Kier molecular flexibility index (Phi) is 6.73. The van der Waals surface area contributed by atoms with Gasteiger partial charge in [0.2, 0.25) is 5.91 Å². The number of benzene rings is 2. The summed E-state index contributed by atoms with van der Waals surface area (Å²) in [5.41, 5.74) is 3.69. The maximum atomic E-state index is 12.9. The van der Waals surface area contributed by atoms with Crippen molar-refractivity contribution in [1.82, 2.24) is 9.62 Å². The summed E-state index contributed by atoms with van der Waals surface area (Å²) in [4.78, 5) is 27.4. The zero-order valence-corrected chi connectivity index (χ0v) is 20.9. The summed E-state index contributed by atoms with van der Waals surface area (Å²) in [6.07, 6.45) is 1.81. The molecule has 0 aliphatic carbocycles. The first-order valence-corrected chi connectivity index (χ1v) is 14.1. The molecule has 0 saturated carbocycles. The number of piperidine rings is 1. The quantitative estimate of drug-likeness (QED) is 0.549. The number of hydrogen-bond donors (Lipinski definition) is 1. The maximum Gasteiger partial charge on any atom is 0.258 e. The molecule has 2 amide bonds. The summed E-state index contributed by atoms with van der Waals surface area (Å²) in [7, 11) is -3.47. The van der Waals surface area contributed by atoms with E-state index in [1.54, 1.807) is 17.5 Å². The van der Waals surface area contributed by atoms with Crippen LogP contribution in [0.25, 0.3) is 0 Å². The molecule has 2 aliphatic heterocycles. The van der Waals surface area contributed by atoms with Crippen LogP contribution in [0.2, 0.25) is 0 Å². The summed E-state index contributed by atoms with van der Waals surface area (Å²) in [6.45, 7) is 1.75. The number of rotatable bonds is 6. The molecule has 1 aromatic heterocycles. The van der Waals surface area contributed by atoms with Crippen molar-refractivity contribution in [3.63, 3.8) is 0 Å². The number of fused-ring (bicyclic) bond motifs is 1. The second kappa shape index (κ2) is 9.93. The van der Waals surface area contributed by atoms with E-state index < -0.39 is 10.0 Å². The van der Waals surface area contributed by atoms with Gasteiger partial charge in [0.25, 0.3) is 15.9 Å². The highest BCUT2D eigenvalue weighted by atomic mass is 32.2. The van der Waals surface area contributed by atoms with Crippen LogP contribution in [0.1, 0.15) is 34.3 Å². The summed E-state index contributed by atoms with van der Waals surface area (Å²) in [5, 5.41) is 4.77. The average Bonchev–Trinajstić information content (AvgIpc) is 3.58. The van der Waals surface area contributed by atoms with Gasteiger partial charge in [0.05, 0.1) is 0 Å². The SMILES string of the molecule is O=C(NCc1ccc2c(c1)CCN2C(=O)c1ccccc1)C1CCN(S(=O)(=O)c2cccs2)CC1. The fraction of sp³-hybridized carbons (Fsp3) is 0.308. The Bertz CT molecular complexity index is 1320. The molecule has 1 N–H and O–H groups in total. The minimum Gasteiger partial charge on any atom is -0.352 e. The molecule has 0 radical (unpaired) electrons. The van der Waals surface area contributed by atoms with Gasteiger partial charge in [0, 0.05) is 43.3 Å². The first kappa shape index (κ1) is 23.7. The molecule has 9 heteroatoms. The second-order valence-corrected chi connectivity index (χ2v) is 12.0. The maximum absolute atomic E-state index is 12.9. The van der Waals surface area contributed by atoms with Crippen LogP contribution in [-0.4, -0.2) is 44.2 Å². The summed E-state index contributed by atoms with van der Waals surface area (Å²) < 4.78 is 27.2. The molecule has 0 bridgehead atoms. The van der Waals surface area contributed by atoms with E-state index in [0.29, 0.717) is 48.8 Å². The lowest BCUT2D eigenvalue weighted by Gasteiger charge is -2.30. The van der Waals surface area contributed by atoms with Crippen LogP contribution in [0.15, 0.2) is 70.3 Å². The van der Waals surface area contributed by atoms with E-state index >= 15 is 0 Å². The summed E-state index contributed by atoms with van der Waals surface area (Å²) in [6, 6.07) is 18.6. The first-order chi connectivity index (χ1) is 16.9. The molecule has 35 heavy (non-hydrogen) atoms. The first-order valence-electron chi connectivity index (χ1n) is 11.7. The number of thiophene rings is 1. The van der Waals surface area contributed by atoms with E-state index in [9.17, 15) is 18.0 Å². The van der Waals surface area contributed by atoms with Gasteiger partial charge in [-0.25, -0.2) is 8.42 Å². The molecule has 182 valence electrons. The predicted molar refractivity (Wildman–Crippen MR) is 136 cm³/mol. The molecule has 1 saturated heterocycles. The smallest absolute Gasteiger partial charge is 0.258 e. The highest BCUT2D eigenvalue weighted by molar-refractivity contribution is 7.91. The molecule has 3 aromatic rings. The van der Waals surface area contributed by atoms with Crippen molar-refractivity contribution < 1.29 is 18.0 Å². The Morgan fingerprint density at radius 1 is 0.971 bits per heavy atom. The summed E-state index contributed by atoms with van der Waals surface area (Å²) in [5.74, 6) is -0.240.